The van der Waals surface area contributed by atoms with E-state index in [-0.39, 0.29) is 11.9 Å². The van der Waals surface area contributed by atoms with E-state index in [9.17, 15) is 9.59 Å². The van der Waals surface area contributed by atoms with E-state index in [2.05, 4.69) is 10.6 Å². The van der Waals surface area contributed by atoms with Crippen LogP contribution in [0.5, 0.6) is 5.75 Å². The van der Waals surface area contributed by atoms with Crippen molar-refractivity contribution in [1.82, 2.24) is 4.90 Å². The van der Waals surface area contributed by atoms with Gasteiger partial charge >= 0.3 is 6.03 Å². The van der Waals surface area contributed by atoms with Gasteiger partial charge in [0.2, 0.25) is 5.91 Å². The van der Waals surface area contributed by atoms with Gasteiger partial charge in [0.05, 0.1) is 7.11 Å². The minimum absolute atomic E-state index is 0.0768. The van der Waals surface area contributed by atoms with Gasteiger partial charge in [-0.1, -0.05) is 24.4 Å². The van der Waals surface area contributed by atoms with E-state index in [1.54, 1.807) is 55.7 Å². The summed E-state index contributed by atoms with van der Waals surface area (Å²) in [7, 11) is 1.56. The zero-order chi connectivity index (χ0) is 21.3. The van der Waals surface area contributed by atoms with Crippen LogP contribution in [0.2, 0.25) is 5.02 Å². The van der Waals surface area contributed by atoms with Gasteiger partial charge in [-0.05, 0) is 61.4 Å². The van der Waals surface area contributed by atoms with Gasteiger partial charge in [0.25, 0.3) is 0 Å². The third kappa shape index (κ3) is 6.26. The maximum absolute atomic E-state index is 12.4. The van der Waals surface area contributed by atoms with Crippen molar-refractivity contribution < 1.29 is 14.3 Å². The first-order chi connectivity index (χ1) is 14.5. The lowest BCUT2D eigenvalue weighted by molar-refractivity contribution is -0.111. The molecule has 2 aromatic rings. The lowest BCUT2D eigenvalue weighted by atomic mass is 10.2. The molecule has 3 rings (SSSR count). The second kappa shape index (κ2) is 10.7. The fourth-order valence-corrected chi connectivity index (χ4v) is 3.48. The van der Waals surface area contributed by atoms with Crippen molar-refractivity contribution in [2.24, 2.45) is 0 Å². The summed E-state index contributed by atoms with van der Waals surface area (Å²) >= 11 is 6.00. The molecule has 0 bridgehead atoms. The maximum Gasteiger partial charge on any atom is 0.321 e. The largest absolute Gasteiger partial charge is 0.496 e. The molecule has 158 valence electrons. The summed E-state index contributed by atoms with van der Waals surface area (Å²) in [5.41, 5.74) is 2.05. The number of likely N-dealkylation sites (tertiary alicyclic amines) is 1. The molecule has 2 aromatic carbocycles. The van der Waals surface area contributed by atoms with E-state index >= 15 is 0 Å². The van der Waals surface area contributed by atoms with Crippen molar-refractivity contribution in [3.05, 3.63) is 59.1 Å². The van der Waals surface area contributed by atoms with Crippen LogP contribution in [0, 0.1) is 0 Å². The average molecular weight is 428 g/mol. The third-order valence-corrected chi connectivity index (χ3v) is 5.14. The van der Waals surface area contributed by atoms with Gasteiger partial charge in [0, 0.05) is 41.1 Å². The first-order valence-electron chi connectivity index (χ1n) is 10.0. The molecule has 1 fully saturated rings. The number of nitrogens with zero attached hydrogens (tertiary/aromatic N) is 1. The predicted molar refractivity (Wildman–Crippen MR) is 121 cm³/mol. The molecular weight excluding hydrogens is 402 g/mol. The van der Waals surface area contributed by atoms with Crippen LogP contribution >= 0.6 is 11.6 Å². The highest BCUT2D eigenvalue weighted by molar-refractivity contribution is 6.30. The standard InChI is InChI=1S/C23H26ClN3O3/c1-30-21-12-7-18(24)16-17(21)6-13-22(28)25-19-8-10-20(11-9-19)26-23(29)27-14-4-2-3-5-15-27/h6-13,16H,2-5,14-15H2,1H3,(H,25,28)(H,26,29)/b13-6+. The van der Waals surface area contributed by atoms with Gasteiger partial charge < -0.3 is 20.3 Å². The topological polar surface area (TPSA) is 70.7 Å². The number of hydrogen-bond acceptors (Lipinski definition) is 3. The number of carbonyl (C=O) groups excluding carboxylic acids is 2. The Morgan fingerprint density at radius 2 is 1.60 bits per heavy atom. The number of rotatable bonds is 5. The molecular formula is C23H26ClN3O3. The van der Waals surface area contributed by atoms with Crippen molar-refractivity contribution in [3.63, 3.8) is 0 Å². The van der Waals surface area contributed by atoms with Crippen molar-refractivity contribution in [2.75, 3.05) is 30.8 Å². The number of ether oxygens (including phenoxy) is 1. The highest BCUT2D eigenvalue weighted by atomic mass is 35.5. The number of halogens is 1. The highest BCUT2D eigenvalue weighted by Crippen LogP contribution is 2.24. The molecule has 0 atom stereocenters. The number of amides is 3. The van der Waals surface area contributed by atoms with E-state index in [0.29, 0.717) is 27.7 Å². The fraction of sp³-hybridized carbons (Fsp3) is 0.304. The minimum Gasteiger partial charge on any atom is -0.496 e. The van der Waals surface area contributed by atoms with E-state index in [1.807, 2.05) is 4.90 Å². The van der Waals surface area contributed by atoms with Crippen LogP contribution in [0.15, 0.2) is 48.5 Å². The molecule has 0 spiro atoms. The zero-order valence-corrected chi connectivity index (χ0v) is 17.7. The molecule has 0 saturated carbocycles. The first kappa shape index (κ1) is 21.7. The SMILES string of the molecule is COc1ccc(Cl)cc1/C=C/C(=O)Nc1ccc(NC(=O)N2CCCCCC2)cc1. The molecule has 0 aromatic heterocycles. The maximum atomic E-state index is 12.4. The zero-order valence-electron chi connectivity index (χ0n) is 17.0. The lowest BCUT2D eigenvalue weighted by Crippen LogP contribution is -2.35. The van der Waals surface area contributed by atoms with E-state index in [4.69, 9.17) is 16.3 Å². The van der Waals surface area contributed by atoms with Crippen molar-refractivity contribution in [1.29, 1.82) is 0 Å². The van der Waals surface area contributed by atoms with Gasteiger partial charge in [-0.3, -0.25) is 4.79 Å². The summed E-state index contributed by atoms with van der Waals surface area (Å²) in [6.45, 7) is 1.59. The lowest BCUT2D eigenvalue weighted by Gasteiger charge is -2.20. The van der Waals surface area contributed by atoms with Gasteiger partial charge in [0.1, 0.15) is 5.75 Å². The van der Waals surface area contributed by atoms with Gasteiger partial charge in [-0.25, -0.2) is 4.79 Å². The molecule has 6 nitrogen and oxygen atoms in total. The molecule has 0 unspecified atom stereocenters. The summed E-state index contributed by atoms with van der Waals surface area (Å²) in [5, 5.41) is 6.28. The van der Waals surface area contributed by atoms with Crippen molar-refractivity contribution in [2.45, 2.75) is 25.7 Å². The molecule has 1 heterocycles. The van der Waals surface area contributed by atoms with Crippen LogP contribution in [-0.4, -0.2) is 37.0 Å². The second-order valence-corrected chi connectivity index (χ2v) is 7.55. The number of benzene rings is 2. The Hall–Kier alpha value is -2.99. The molecule has 1 saturated heterocycles. The molecule has 7 heteroatoms. The van der Waals surface area contributed by atoms with Gasteiger partial charge in [0.15, 0.2) is 0 Å². The van der Waals surface area contributed by atoms with Crippen LogP contribution in [0.1, 0.15) is 31.2 Å². The number of carbonyl (C=O) groups is 2. The molecule has 1 aliphatic rings. The van der Waals surface area contributed by atoms with Gasteiger partial charge in [-0.15, -0.1) is 0 Å². The fourth-order valence-electron chi connectivity index (χ4n) is 3.30. The molecule has 1 aliphatic heterocycles. The predicted octanol–water partition coefficient (Wildman–Crippen LogP) is 5.41. The quantitative estimate of drug-likeness (QED) is 0.627. The minimum atomic E-state index is -0.279. The number of hydrogen-bond donors (Lipinski definition) is 2. The van der Waals surface area contributed by atoms with Crippen LogP contribution in [-0.2, 0) is 4.79 Å². The second-order valence-electron chi connectivity index (χ2n) is 7.12. The smallest absolute Gasteiger partial charge is 0.321 e. The summed E-state index contributed by atoms with van der Waals surface area (Å²) in [6.07, 6.45) is 7.52. The number of nitrogens with one attached hydrogen (secondary N) is 2. The summed E-state index contributed by atoms with van der Waals surface area (Å²) < 4.78 is 5.27. The van der Waals surface area contributed by atoms with E-state index in [0.717, 1.165) is 25.9 Å². The Labute approximate surface area is 181 Å². The molecule has 0 aliphatic carbocycles. The Kier molecular flexibility index (Phi) is 7.74. The summed E-state index contributed by atoms with van der Waals surface area (Å²) in [4.78, 5) is 26.5. The first-order valence-corrected chi connectivity index (χ1v) is 10.4. The van der Waals surface area contributed by atoms with Crippen LogP contribution < -0.4 is 15.4 Å². The van der Waals surface area contributed by atoms with Crippen LogP contribution in [0.3, 0.4) is 0 Å². The molecule has 2 N–H and O–H groups in total. The Morgan fingerprint density at radius 1 is 0.967 bits per heavy atom. The molecule has 3 amide bonds. The van der Waals surface area contributed by atoms with Crippen LogP contribution in [0.25, 0.3) is 6.08 Å². The molecule has 0 radical (unpaired) electrons. The Balaban J connectivity index is 1.55. The summed E-state index contributed by atoms with van der Waals surface area (Å²) in [5.74, 6) is 0.353. The normalized spacial score (nSPS) is 14.3. The highest BCUT2D eigenvalue weighted by Gasteiger charge is 2.15. The Bertz CT molecular complexity index is 904. The summed E-state index contributed by atoms with van der Waals surface area (Å²) in [6, 6.07) is 12.2. The monoisotopic (exact) mass is 427 g/mol. The Morgan fingerprint density at radius 3 is 2.23 bits per heavy atom. The van der Waals surface area contributed by atoms with Gasteiger partial charge in [-0.2, -0.15) is 0 Å². The third-order valence-electron chi connectivity index (χ3n) is 4.90. The number of methoxy groups -OCH3 is 1. The van der Waals surface area contributed by atoms with Crippen molar-refractivity contribution in [3.8, 4) is 5.75 Å². The number of anilines is 2. The van der Waals surface area contributed by atoms with Crippen molar-refractivity contribution >= 4 is 41.0 Å². The number of urea groups is 1. The van der Waals surface area contributed by atoms with Crippen LogP contribution in [0.4, 0.5) is 16.2 Å². The van der Waals surface area contributed by atoms with E-state index in [1.165, 1.54) is 18.9 Å². The average Bonchev–Trinajstić information content (AvgIpc) is 3.03. The van der Waals surface area contributed by atoms with E-state index < -0.39 is 0 Å². The molecule has 30 heavy (non-hydrogen) atoms.